The number of rotatable bonds is 2. The Kier molecular flexibility index (Phi) is 4.80. The summed E-state index contributed by atoms with van der Waals surface area (Å²) in [6, 6.07) is 0. The summed E-state index contributed by atoms with van der Waals surface area (Å²) in [4.78, 5) is 0. The van der Waals surface area contributed by atoms with Crippen molar-refractivity contribution in [2.45, 2.75) is 83.0 Å². The first-order valence-electron chi connectivity index (χ1n) is 9.44. The lowest BCUT2D eigenvalue weighted by molar-refractivity contribution is -0.143. The van der Waals surface area contributed by atoms with Crippen LogP contribution < -0.4 is 0 Å². The summed E-state index contributed by atoms with van der Waals surface area (Å²) in [7, 11) is 0. The van der Waals surface area contributed by atoms with E-state index in [0.29, 0.717) is 18.8 Å². The molecule has 0 unspecified atom stereocenters. The first kappa shape index (κ1) is 17.9. The van der Waals surface area contributed by atoms with Gasteiger partial charge < -0.3 is 15.3 Å². The third-order valence-corrected chi connectivity index (χ3v) is 7.06. The largest absolute Gasteiger partial charge is 0.393 e. The minimum absolute atomic E-state index is 0.243. The van der Waals surface area contributed by atoms with E-state index in [4.69, 9.17) is 0 Å². The summed E-state index contributed by atoms with van der Waals surface area (Å²) in [5, 5.41) is 31.2. The monoisotopic (exact) mass is 332 g/mol. The van der Waals surface area contributed by atoms with Crippen LogP contribution >= 0.6 is 0 Å². The molecule has 0 bridgehead atoms. The quantitative estimate of drug-likeness (QED) is 0.723. The zero-order valence-corrected chi connectivity index (χ0v) is 15.1. The Balaban J connectivity index is 1.86. The van der Waals surface area contributed by atoms with E-state index in [2.05, 4.69) is 25.7 Å². The summed E-state index contributed by atoms with van der Waals surface area (Å²) in [5.74, 6) is 0.337. The van der Waals surface area contributed by atoms with E-state index in [1.165, 1.54) is 5.57 Å². The van der Waals surface area contributed by atoms with E-state index >= 15 is 0 Å². The van der Waals surface area contributed by atoms with Gasteiger partial charge in [-0.1, -0.05) is 36.8 Å². The van der Waals surface area contributed by atoms with E-state index in [1.807, 2.05) is 0 Å². The van der Waals surface area contributed by atoms with Crippen molar-refractivity contribution in [2.75, 3.05) is 0 Å². The Labute approximate surface area is 145 Å². The molecule has 0 radical (unpaired) electrons. The number of aliphatic hydroxyl groups is 3. The minimum Gasteiger partial charge on any atom is -0.393 e. The first-order valence-corrected chi connectivity index (χ1v) is 9.44. The third kappa shape index (κ3) is 2.81. The van der Waals surface area contributed by atoms with Crippen LogP contribution in [0.2, 0.25) is 0 Å². The fourth-order valence-corrected chi connectivity index (χ4v) is 5.37. The van der Waals surface area contributed by atoms with Gasteiger partial charge in [-0.05, 0) is 69.8 Å². The molecule has 24 heavy (non-hydrogen) atoms. The molecular weight excluding hydrogens is 300 g/mol. The van der Waals surface area contributed by atoms with Crippen LogP contribution in [-0.4, -0.2) is 33.1 Å². The van der Waals surface area contributed by atoms with E-state index in [1.54, 1.807) is 6.92 Å². The molecule has 0 heterocycles. The molecule has 0 amide bonds. The van der Waals surface area contributed by atoms with Gasteiger partial charge in [0.15, 0.2) is 0 Å². The van der Waals surface area contributed by atoms with Gasteiger partial charge in [0.05, 0.1) is 17.8 Å². The fraction of sp³-hybridized carbons (Fsp3) is 0.714. The second-order valence-corrected chi connectivity index (χ2v) is 8.40. The third-order valence-electron chi connectivity index (χ3n) is 7.06. The molecular formula is C21H32O3. The maximum Gasteiger partial charge on any atom is 0.0961 e. The highest BCUT2D eigenvalue weighted by Gasteiger charge is 2.60. The van der Waals surface area contributed by atoms with Gasteiger partial charge >= 0.3 is 0 Å². The van der Waals surface area contributed by atoms with Gasteiger partial charge in [-0.2, -0.15) is 0 Å². The maximum absolute atomic E-state index is 11.1. The summed E-state index contributed by atoms with van der Waals surface area (Å²) in [6.07, 6.45) is 10.5. The lowest BCUT2D eigenvalue weighted by Gasteiger charge is -2.48. The molecule has 3 aliphatic carbocycles. The van der Waals surface area contributed by atoms with Crippen LogP contribution in [0, 0.1) is 11.3 Å². The molecule has 3 aliphatic rings. The van der Waals surface area contributed by atoms with Crippen molar-refractivity contribution in [1.82, 2.24) is 0 Å². The zero-order valence-electron chi connectivity index (χ0n) is 15.1. The average molecular weight is 332 g/mol. The number of fused-ring (bicyclic) bond motifs is 1. The Morgan fingerprint density at radius 1 is 1.21 bits per heavy atom. The molecule has 0 aromatic rings. The molecule has 3 nitrogen and oxygen atoms in total. The van der Waals surface area contributed by atoms with Crippen LogP contribution in [0.25, 0.3) is 0 Å². The van der Waals surface area contributed by atoms with Crippen LogP contribution in [0.15, 0.2) is 35.5 Å². The second kappa shape index (κ2) is 6.44. The summed E-state index contributed by atoms with van der Waals surface area (Å²) in [5.41, 5.74) is 2.47. The van der Waals surface area contributed by atoms with Crippen LogP contribution in [0.3, 0.4) is 0 Å². The number of allylic oxidation sites excluding steroid dienone is 4. The SMILES string of the molecule is C=C1CC[C@H](O)C/C1=C/C=C1\CCC[C@@]2(C)[C@H]1CC[C@]2(O)[C@@H](C)O. The average Bonchev–Trinajstić information content (AvgIpc) is 2.82. The van der Waals surface area contributed by atoms with Crippen molar-refractivity contribution in [2.24, 2.45) is 11.3 Å². The lowest BCUT2D eigenvalue weighted by Crippen LogP contribution is -2.53. The zero-order chi connectivity index (χ0) is 17.5. The van der Waals surface area contributed by atoms with E-state index in [0.717, 1.165) is 49.7 Å². The van der Waals surface area contributed by atoms with Crippen LogP contribution in [-0.2, 0) is 0 Å². The van der Waals surface area contributed by atoms with Gasteiger partial charge in [-0.15, -0.1) is 0 Å². The highest BCUT2D eigenvalue weighted by Crippen LogP contribution is 2.60. The van der Waals surface area contributed by atoms with Gasteiger partial charge in [0.2, 0.25) is 0 Å². The van der Waals surface area contributed by atoms with Crippen molar-refractivity contribution in [3.05, 3.63) is 35.5 Å². The Bertz CT molecular complexity index is 574. The van der Waals surface area contributed by atoms with Crippen molar-refractivity contribution >= 4 is 0 Å². The summed E-state index contributed by atoms with van der Waals surface area (Å²) >= 11 is 0. The summed E-state index contributed by atoms with van der Waals surface area (Å²) in [6.45, 7) is 8.02. The van der Waals surface area contributed by atoms with Crippen molar-refractivity contribution in [3.63, 3.8) is 0 Å². The normalized spacial score (nSPS) is 44.8. The number of hydrogen-bond acceptors (Lipinski definition) is 3. The molecule has 0 aliphatic heterocycles. The topological polar surface area (TPSA) is 60.7 Å². The minimum atomic E-state index is -0.977. The molecule has 0 saturated heterocycles. The highest BCUT2D eigenvalue weighted by atomic mass is 16.3. The van der Waals surface area contributed by atoms with Gasteiger partial charge in [-0.25, -0.2) is 0 Å². The molecule has 0 spiro atoms. The molecule has 3 saturated carbocycles. The number of aliphatic hydroxyl groups excluding tert-OH is 2. The van der Waals surface area contributed by atoms with Crippen LogP contribution in [0.4, 0.5) is 0 Å². The van der Waals surface area contributed by atoms with E-state index in [9.17, 15) is 15.3 Å². The molecule has 3 heteroatoms. The maximum atomic E-state index is 11.1. The molecule has 3 fully saturated rings. The molecule has 0 aromatic carbocycles. The molecule has 0 aromatic heterocycles. The predicted molar refractivity (Wildman–Crippen MR) is 96.5 cm³/mol. The van der Waals surface area contributed by atoms with Crippen molar-refractivity contribution in [1.29, 1.82) is 0 Å². The van der Waals surface area contributed by atoms with Gasteiger partial charge in [0, 0.05) is 5.41 Å². The highest BCUT2D eigenvalue weighted by molar-refractivity contribution is 5.36. The second-order valence-electron chi connectivity index (χ2n) is 8.40. The molecule has 3 N–H and O–H groups in total. The molecule has 3 rings (SSSR count). The first-order chi connectivity index (χ1) is 11.3. The van der Waals surface area contributed by atoms with Crippen molar-refractivity contribution in [3.8, 4) is 0 Å². The van der Waals surface area contributed by atoms with Crippen molar-refractivity contribution < 1.29 is 15.3 Å². The van der Waals surface area contributed by atoms with Crippen LogP contribution in [0.5, 0.6) is 0 Å². The fourth-order valence-electron chi connectivity index (χ4n) is 5.37. The number of hydrogen-bond donors (Lipinski definition) is 3. The van der Waals surface area contributed by atoms with E-state index in [-0.39, 0.29) is 11.5 Å². The standard InChI is InChI=1S/C21H32O3/c1-14-6-9-18(23)13-17(14)8-7-16-5-4-11-20(3)19(16)10-12-21(20,24)15(2)22/h7-8,15,18-19,22-24H,1,4-6,9-13H2,2-3H3/b16-7+,17-8-/t15-,18+,19+,20+,21+/m1/s1. The Hall–Kier alpha value is -0.900. The molecule has 5 atom stereocenters. The predicted octanol–water partition coefficient (Wildman–Crippen LogP) is 3.65. The van der Waals surface area contributed by atoms with Gasteiger partial charge in [-0.3, -0.25) is 0 Å². The summed E-state index contributed by atoms with van der Waals surface area (Å²) < 4.78 is 0. The van der Waals surface area contributed by atoms with Crippen LogP contribution in [0.1, 0.15) is 65.2 Å². The smallest absolute Gasteiger partial charge is 0.0961 e. The van der Waals surface area contributed by atoms with Gasteiger partial charge in [0.25, 0.3) is 0 Å². The molecule has 134 valence electrons. The lowest BCUT2D eigenvalue weighted by atomic mass is 9.60. The van der Waals surface area contributed by atoms with E-state index < -0.39 is 11.7 Å². The van der Waals surface area contributed by atoms with Gasteiger partial charge in [0.1, 0.15) is 0 Å². The Morgan fingerprint density at radius 2 is 1.96 bits per heavy atom. The Morgan fingerprint density at radius 3 is 2.67 bits per heavy atom.